The number of thioether (sulfide) groups is 1. The van der Waals surface area contributed by atoms with E-state index in [0.29, 0.717) is 29.2 Å². The van der Waals surface area contributed by atoms with Crippen molar-refractivity contribution in [2.45, 2.75) is 18.5 Å². The summed E-state index contributed by atoms with van der Waals surface area (Å²) in [6, 6.07) is 4.82. The molecule has 132 valence electrons. The van der Waals surface area contributed by atoms with Crippen LogP contribution < -0.4 is 16.4 Å². The lowest BCUT2D eigenvalue weighted by Crippen LogP contribution is -2.67. The van der Waals surface area contributed by atoms with Crippen molar-refractivity contribution in [2.24, 2.45) is 0 Å². The molecular formula is C15H22N3O4S2+. The van der Waals surface area contributed by atoms with Crippen molar-refractivity contribution >= 4 is 47.9 Å². The Bertz CT molecular complexity index is 581. The molecule has 9 heteroatoms. The van der Waals surface area contributed by atoms with Gasteiger partial charge < -0.3 is 21.5 Å². The Balaban J connectivity index is 2.68. The molecule has 6 N–H and O–H groups in total. The van der Waals surface area contributed by atoms with E-state index >= 15 is 0 Å². The molecule has 2 atom stereocenters. The number of benzene rings is 1. The van der Waals surface area contributed by atoms with Crippen LogP contribution in [0.5, 0.6) is 0 Å². The zero-order chi connectivity index (χ0) is 18.1. The van der Waals surface area contributed by atoms with Gasteiger partial charge in [0.25, 0.3) is 11.8 Å². The van der Waals surface area contributed by atoms with Crippen LogP contribution in [-0.4, -0.2) is 52.7 Å². The van der Waals surface area contributed by atoms with Crippen molar-refractivity contribution in [3.05, 3.63) is 29.8 Å². The number of aliphatic carboxylic acids is 1. The number of hydrogen-bond donors (Lipinski definition) is 5. The van der Waals surface area contributed by atoms with Crippen molar-refractivity contribution in [3.63, 3.8) is 0 Å². The lowest BCUT2D eigenvalue weighted by molar-refractivity contribution is -0.395. The molecule has 0 fully saturated rings. The van der Waals surface area contributed by atoms with E-state index in [0.717, 1.165) is 0 Å². The number of carboxylic acids is 1. The summed E-state index contributed by atoms with van der Waals surface area (Å²) in [6.07, 6.45) is 2.23. The normalized spacial score (nSPS) is 13.0. The monoisotopic (exact) mass is 372 g/mol. The fourth-order valence-electron chi connectivity index (χ4n) is 1.77. The first-order valence-electron chi connectivity index (χ1n) is 7.26. The zero-order valence-electron chi connectivity index (χ0n) is 13.3. The average Bonchev–Trinajstić information content (AvgIpc) is 2.57. The fourth-order valence-corrected chi connectivity index (χ4v) is 2.40. The number of anilines is 1. The molecule has 0 aromatic heterocycles. The minimum Gasteiger partial charge on any atom is -0.480 e. The van der Waals surface area contributed by atoms with E-state index in [9.17, 15) is 14.4 Å². The van der Waals surface area contributed by atoms with Crippen LogP contribution in [-0.2, 0) is 9.59 Å². The standard InChI is InChI=1S/C15H21N3O4S2/c1-24-7-6-12(15(21)22)18-13(19)9-2-4-10(5-3-9)17-14(20)11(16)8-23/h2-5,11-12,23H,6-8,16H2,1H3,(H,17,20)(H,18,19)(H,21,22)/p+1/t11?,12-/m0/s1. The number of carbonyl (C=O) groups excluding carboxylic acids is 2. The molecule has 0 heterocycles. The minimum atomic E-state index is -1.06. The third kappa shape index (κ3) is 6.42. The van der Waals surface area contributed by atoms with Crippen LogP contribution >= 0.6 is 24.4 Å². The molecule has 24 heavy (non-hydrogen) atoms. The van der Waals surface area contributed by atoms with E-state index in [1.54, 1.807) is 12.1 Å². The minimum absolute atomic E-state index is 0.259. The molecule has 7 nitrogen and oxygen atoms in total. The van der Waals surface area contributed by atoms with Gasteiger partial charge in [-0.15, -0.1) is 0 Å². The molecule has 0 spiro atoms. The molecule has 1 aromatic carbocycles. The highest BCUT2D eigenvalue weighted by molar-refractivity contribution is 7.98. The summed E-state index contributed by atoms with van der Waals surface area (Å²) in [5.74, 6) is -0.815. The Kier molecular flexibility index (Phi) is 8.66. The van der Waals surface area contributed by atoms with Crippen LogP contribution in [0, 0.1) is 0 Å². The van der Waals surface area contributed by atoms with Gasteiger partial charge in [-0.2, -0.15) is 24.4 Å². The van der Waals surface area contributed by atoms with E-state index in [-0.39, 0.29) is 5.91 Å². The number of hydrogen-bond acceptors (Lipinski definition) is 5. The van der Waals surface area contributed by atoms with Crippen molar-refractivity contribution in [2.75, 3.05) is 23.1 Å². The van der Waals surface area contributed by atoms with Crippen LogP contribution in [0.1, 0.15) is 16.8 Å². The average molecular weight is 372 g/mol. The second kappa shape index (κ2) is 10.2. The van der Waals surface area contributed by atoms with Gasteiger partial charge in [-0.1, -0.05) is 0 Å². The number of thiol groups is 1. The first kappa shape index (κ1) is 20.3. The van der Waals surface area contributed by atoms with Gasteiger partial charge in [-0.3, -0.25) is 9.59 Å². The van der Waals surface area contributed by atoms with Gasteiger partial charge >= 0.3 is 5.97 Å². The third-order valence-corrected chi connectivity index (χ3v) is 4.30. The van der Waals surface area contributed by atoms with E-state index in [1.165, 1.54) is 23.9 Å². The lowest BCUT2D eigenvalue weighted by atomic mass is 10.1. The van der Waals surface area contributed by atoms with E-state index in [1.807, 2.05) is 6.26 Å². The van der Waals surface area contributed by atoms with Crippen LogP contribution in [0.3, 0.4) is 0 Å². The molecule has 2 amide bonds. The predicted octanol–water partition coefficient (Wildman–Crippen LogP) is 0.102. The molecule has 1 rings (SSSR count). The van der Waals surface area contributed by atoms with Gasteiger partial charge in [-0.25, -0.2) is 4.79 Å². The quantitative estimate of drug-likeness (QED) is 0.394. The highest BCUT2D eigenvalue weighted by Crippen LogP contribution is 2.11. The molecule has 1 aromatic rings. The molecule has 0 bridgehead atoms. The van der Waals surface area contributed by atoms with Crippen molar-refractivity contribution in [3.8, 4) is 0 Å². The van der Waals surface area contributed by atoms with Crippen LogP contribution in [0.4, 0.5) is 5.69 Å². The van der Waals surface area contributed by atoms with Crippen molar-refractivity contribution in [1.82, 2.24) is 5.32 Å². The summed E-state index contributed by atoms with van der Waals surface area (Å²) in [4.78, 5) is 35.0. The number of amides is 2. The number of rotatable bonds is 9. The number of quaternary nitrogens is 1. The summed E-state index contributed by atoms with van der Waals surface area (Å²) >= 11 is 5.53. The number of nitrogens with one attached hydrogen (secondary N) is 2. The van der Waals surface area contributed by atoms with E-state index in [2.05, 4.69) is 29.0 Å². The van der Waals surface area contributed by atoms with Gasteiger partial charge in [0.05, 0.1) is 5.75 Å². The summed E-state index contributed by atoms with van der Waals surface area (Å²) in [5.41, 5.74) is 4.52. The predicted molar refractivity (Wildman–Crippen MR) is 97.5 cm³/mol. The maximum Gasteiger partial charge on any atom is 0.326 e. The Hall–Kier alpha value is -1.71. The number of carboxylic acid groups (broad SMARTS) is 1. The zero-order valence-corrected chi connectivity index (χ0v) is 15.0. The van der Waals surface area contributed by atoms with Gasteiger partial charge in [0.2, 0.25) is 0 Å². The van der Waals surface area contributed by atoms with Crippen LogP contribution in [0.15, 0.2) is 24.3 Å². The largest absolute Gasteiger partial charge is 0.480 e. The second-order valence-corrected chi connectivity index (χ2v) is 6.44. The third-order valence-electron chi connectivity index (χ3n) is 3.22. The summed E-state index contributed by atoms with van der Waals surface area (Å²) < 4.78 is 0. The van der Waals surface area contributed by atoms with Crippen LogP contribution in [0.25, 0.3) is 0 Å². The fraction of sp³-hybridized carbons (Fsp3) is 0.400. The van der Waals surface area contributed by atoms with Gasteiger partial charge in [0, 0.05) is 11.3 Å². The van der Waals surface area contributed by atoms with E-state index < -0.39 is 24.0 Å². The Morgan fingerprint density at radius 3 is 2.42 bits per heavy atom. The Morgan fingerprint density at radius 1 is 1.29 bits per heavy atom. The molecule has 0 saturated heterocycles. The first-order valence-corrected chi connectivity index (χ1v) is 9.29. The summed E-state index contributed by atoms with van der Waals surface area (Å²) in [6.45, 7) is 0. The van der Waals surface area contributed by atoms with Crippen molar-refractivity contribution < 1.29 is 25.2 Å². The first-order chi connectivity index (χ1) is 11.4. The SMILES string of the molecule is CSCC[C@H](NC(=O)c1ccc(NC(=O)C([NH3+])CS)cc1)C(=O)O. The highest BCUT2D eigenvalue weighted by atomic mass is 32.2. The number of carbonyl (C=O) groups is 3. The van der Waals surface area contributed by atoms with Crippen LogP contribution in [0.2, 0.25) is 0 Å². The van der Waals surface area contributed by atoms with Gasteiger partial charge in [-0.05, 0) is 42.7 Å². The highest BCUT2D eigenvalue weighted by Gasteiger charge is 2.20. The molecule has 0 radical (unpaired) electrons. The van der Waals surface area contributed by atoms with E-state index in [4.69, 9.17) is 5.11 Å². The molecule has 1 unspecified atom stereocenters. The second-order valence-electron chi connectivity index (χ2n) is 5.09. The maximum atomic E-state index is 12.1. The summed E-state index contributed by atoms with van der Waals surface area (Å²) in [7, 11) is 0. The smallest absolute Gasteiger partial charge is 0.326 e. The molecule has 0 aliphatic heterocycles. The topological polar surface area (TPSA) is 123 Å². The van der Waals surface area contributed by atoms with Gasteiger partial charge in [0.1, 0.15) is 6.04 Å². The lowest BCUT2D eigenvalue weighted by Gasteiger charge is -2.14. The molecule has 0 aliphatic rings. The maximum absolute atomic E-state index is 12.1. The van der Waals surface area contributed by atoms with Gasteiger partial charge in [0.15, 0.2) is 6.04 Å². The molecular weight excluding hydrogens is 350 g/mol. The molecule has 0 aliphatic carbocycles. The van der Waals surface area contributed by atoms with Crippen molar-refractivity contribution in [1.29, 1.82) is 0 Å². The molecule has 0 saturated carbocycles. The summed E-state index contributed by atoms with van der Waals surface area (Å²) in [5, 5.41) is 14.3. The Labute approximate surface area is 150 Å². The Morgan fingerprint density at radius 2 is 1.92 bits per heavy atom.